The lowest BCUT2D eigenvalue weighted by atomic mass is 10.1. The number of carbonyl (C=O) groups excluding carboxylic acids is 1. The molecule has 3 aromatic rings. The molecule has 0 saturated carbocycles. The minimum atomic E-state index is -2.84. The van der Waals surface area contributed by atoms with Crippen molar-refractivity contribution < 1.29 is 18.3 Å². The van der Waals surface area contributed by atoms with Crippen molar-refractivity contribution in [2.45, 2.75) is 13.0 Å². The molecule has 2 aromatic carbocycles. The zero-order chi connectivity index (χ0) is 23.0. The Labute approximate surface area is 189 Å². The molecule has 0 aliphatic carbocycles. The van der Waals surface area contributed by atoms with Crippen LogP contribution in [0.5, 0.6) is 5.75 Å². The summed E-state index contributed by atoms with van der Waals surface area (Å²) in [5, 5.41) is 15.0. The van der Waals surface area contributed by atoms with Crippen LogP contribution in [0.4, 0.5) is 14.7 Å². The first-order valence-corrected chi connectivity index (χ1v) is 10.7. The normalized spacial score (nSPS) is 14.5. The third kappa shape index (κ3) is 6.22. The van der Waals surface area contributed by atoms with Crippen LogP contribution in [0.1, 0.15) is 5.56 Å². The van der Waals surface area contributed by atoms with Crippen LogP contribution in [0, 0.1) is 0 Å². The summed E-state index contributed by atoms with van der Waals surface area (Å²) in [5.41, 5.74) is 1.83. The highest BCUT2D eigenvalue weighted by molar-refractivity contribution is 5.78. The molecule has 0 atom stereocenters. The number of para-hydroxylation sites is 1. The van der Waals surface area contributed by atoms with Crippen LogP contribution < -0.4 is 15.0 Å². The molecule has 0 spiro atoms. The number of nitrogens with one attached hydrogen (secondary N) is 1. The molecule has 2 heterocycles. The maximum absolute atomic E-state index is 12.3. The van der Waals surface area contributed by atoms with Gasteiger partial charge in [0.25, 0.3) is 0 Å². The molecular formula is C22H25F2N7O2. The molecule has 1 saturated heterocycles. The standard InChI is InChI=1S/C22H25F2N7O2/c23-21(24)33-19-8-6-17(7-9-19)10-11-25-20(32)16-29-12-14-30(15-13-29)22-26-27-28-31(22)18-4-2-1-3-5-18/h1-9,21H,10-16H2,(H,25,32). The number of rotatable bonds is 9. The number of ether oxygens (including phenoxy) is 1. The van der Waals surface area contributed by atoms with Crippen LogP contribution in [0.3, 0.4) is 0 Å². The summed E-state index contributed by atoms with van der Waals surface area (Å²) in [7, 11) is 0. The predicted molar refractivity (Wildman–Crippen MR) is 118 cm³/mol. The second-order valence-corrected chi connectivity index (χ2v) is 7.61. The van der Waals surface area contributed by atoms with Gasteiger partial charge in [-0.25, -0.2) is 0 Å². The van der Waals surface area contributed by atoms with Crippen LogP contribution >= 0.6 is 0 Å². The lowest BCUT2D eigenvalue weighted by Gasteiger charge is -2.34. The third-order valence-electron chi connectivity index (χ3n) is 5.36. The molecule has 11 heteroatoms. The van der Waals surface area contributed by atoms with E-state index in [0.29, 0.717) is 38.5 Å². The first kappa shape index (κ1) is 22.6. The predicted octanol–water partition coefficient (Wildman–Crippen LogP) is 1.74. The van der Waals surface area contributed by atoms with E-state index in [2.05, 4.69) is 35.4 Å². The fraction of sp³-hybridized carbons (Fsp3) is 0.364. The molecular weight excluding hydrogens is 432 g/mol. The quantitative estimate of drug-likeness (QED) is 0.524. The smallest absolute Gasteiger partial charge is 0.387 e. The molecule has 1 N–H and O–H groups in total. The van der Waals surface area contributed by atoms with Crippen molar-refractivity contribution in [1.82, 2.24) is 30.4 Å². The molecule has 0 unspecified atom stereocenters. The Kier molecular flexibility index (Phi) is 7.40. The van der Waals surface area contributed by atoms with E-state index >= 15 is 0 Å². The number of benzene rings is 2. The lowest BCUT2D eigenvalue weighted by Crippen LogP contribution is -2.50. The van der Waals surface area contributed by atoms with Crippen molar-refractivity contribution in [2.24, 2.45) is 0 Å². The summed E-state index contributed by atoms with van der Waals surface area (Å²) in [6, 6.07) is 16.1. The second-order valence-electron chi connectivity index (χ2n) is 7.61. The summed E-state index contributed by atoms with van der Waals surface area (Å²) in [5.74, 6) is 0.764. The van der Waals surface area contributed by atoms with Crippen molar-refractivity contribution in [2.75, 3.05) is 44.2 Å². The number of tetrazole rings is 1. The molecule has 1 amide bonds. The number of aromatic nitrogens is 4. The highest BCUT2D eigenvalue weighted by atomic mass is 19.3. The maximum Gasteiger partial charge on any atom is 0.387 e. The first-order chi connectivity index (χ1) is 16.1. The fourth-order valence-corrected chi connectivity index (χ4v) is 3.66. The van der Waals surface area contributed by atoms with Crippen molar-refractivity contribution in [3.63, 3.8) is 0 Å². The van der Waals surface area contributed by atoms with E-state index in [0.717, 1.165) is 24.3 Å². The van der Waals surface area contributed by atoms with Crippen LogP contribution in [-0.4, -0.2) is 76.9 Å². The Morgan fingerprint density at radius 3 is 2.45 bits per heavy atom. The topological polar surface area (TPSA) is 88.4 Å². The van der Waals surface area contributed by atoms with E-state index in [4.69, 9.17) is 0 Å². The molecule has 1 aliphatic rings. The summed E-state index contributed by atoms with van der Waals surface area (Å²) < 4.78 is 30.4. The number of hydrogen-bond acceptors (Lipinski definition) is 7. The number of hydrogen-bond donors (Lipinski definition) is 1. The lowest BCUT2D eigenvalue weighted by molar-refractivity contribution is -0.122. The van der Waals surface area contributed by atoms with Gasteiger partial charge in [0.1, 0.15) is 5.75 Å². The minimum absolute atomic E-state index is 0.0461. The number of amides is 1. The van der Waals surface area contributed by atoms with Gasteiger partial charge in [-0.2, -0.15) is 13.5 Å². The molecule has 174 valence electrons. The van der Waals surface area contributed by atoms with Gasteiger partial charge in [-0.05, 0) is 46.7 Å². The molecule has 1 aromatic heterocycles. The van der Waals surface area contributed by atoms with Crippen LogP contribution in [0.2, 0.25) is 0 Å². The summed E-state index contributed by atoms with van der Waals surface area (Å²) in [6.07, 6.45) is 0.608. The van der Waals surface area contributed by atoms with Crippen molar-refractivity contribution >= 4 is 11.9 Å². The van der Waals surface area contributed by atoms with Crippen molar-refractivity contribution in [3.05, 3.63) is 60.2 Å². The molecule has 9 nitrogen and oxygen atoms in total. The monoisotopic (exact) mass is 457 g/mol. The number of nitrogens with zero attached hydrogens (tertiary/aromatic N) is 6. The van der Waals surface area contributed by atoms with Gasteiger partial charge in [0, 0.05) is 32.7 Å². The zero-order valence-corrected chi connectivity index (χ0v) is 18.0. The summed E-state index contributed by atoms with van der Waals surface area (Å²) >= 11 is 0. The fourth-order valence-electron chi connectivity index (χ4n) is 3.66. The van der Waals surface area contributed by atoms with Crippen molar-refractivity contribution in [1.29, 1.82) is 0 Å². The highest BCUT2D eigenvalue weighted by Crippen LogP contribution is 2.17. The average molecular weight is 457 g/mol. The highest BCUT2D eigenvalue weighted by Gasteiger charge is 2.23. The van der Waals surface area contributed by atoms with Crippen LogP contribution in [0.25, 0.3) is 5.69 Å². The van der Waals surface area contributed by atoms with Gasteiger partial charge in [0.05, 0.1) is 12.2 Å². The van der Waals surface area contributed by atoms with E-state index in [1.165, 1.54) is 12.1 Å². The van der Waals surface area contributed by atoms with E-state index < -0.39 is 6.61 Å². The Bertz CT molecular complexity index is 1020. The first-order valence-electron chi connectivity index (χ1n) is 10.7. The number of carbonyl (C=O) groups is 1. The van der Waals surface area contributed by atoms with Crippen molar-refractivity contribution in [3.8, 4) is 11.4 Å². The zero-order valence-electron chi connectivity index (χ0n) is 18.0. The van der Waals surface area contributed by atoms with Gasteiger partial charge in [-0.1, -0.05) is 35.4 Å². The van der Waals surface area contributed by atoms with E-state index in [-0.39, 0.29) is 11.7 Å². The Balaban J connectivity index is 1.19. The average Bonchev–Trinajstić information content (AvgIpc) is 3.31. The van der Waals surface area contributed by atoms with Gasteiger partial charge in [-0.3, -0.25) is 9.69 Å². The molecule has 1 fully saturated rings. The summed E-state index contributed by atoms with van der Waals surface area (Å²) in [4.78, 5) is 16.5. The number of alkyl halides is 2. The van der Waals surface area contributed by atoms with Crippen LogP contribution in [-0.2, 0) is 11.2 Å². The maximum atomic E-state index is 12.3. The van der Waals surface area contributed by atoms with E-state index in [9.17, 15) is 13.6 Å². The Morgan fingerprint density at radius 2 is 1.76 bits per heavy atom. The molecule has 33 heavy (non-hydrogen) atoms. The molecule has 4 rings (SSSR count). The second kappa shape index (κ2) is 10.8. The molecule has 1 aliphatic heterocycles. The third-order valence-corrected chi connectivity index (χ3v) is 5.36. The number of halogens is 2. The Hall–Kier alpha value is -3.60. The number of piperazine rings is 1. The van der Waals surface area contributed by atoms with Gasteiger partial charge < -0.3 is 15.0 Å². The summed E-state index contributed by atoms with van der Waals surface area (Å²) in [6.45, 7) is 0.830. The van der Waals surface area contributed by atoms with Gasteiger partial charge >= 0.3 is 6.61 Å². The van der Waals surface area contributed by atoms with Gasteiger partial charge in [-0.15, -0.1) is 0 Å². The number of anilines is 1. The van der Waals surface area contributed by atoms with Crippen LogP contribution in [0.15, 0.2) is 54.6 Å². The van der Waals surface area contributed by atoms with Gasteiger partial charge in [0.15, 0.2) is 0 Å². The Morgan fingerprint density at radius 1 is 1.03 bits per heavy atom. The molecule has 0 radical (unpaired) electrons. The SMILES string of the molecule is O=C(CN1CCN(c2nnnn2-c2ccccc2)CC1)NCCc1ccc(OC(F)F)cc1. The largest absolute Gasteiger partial charge is 0.435 e. The minimum Gasteiger partial charge on any atom is -0.435 e. The van der Waals surface area contributed by atoms with E-state index in [1.807, 2.05) is 30.3 Å². The van der Waals surface area contributed by atoms with E-state index in [1.54, 1.807) is 16.8 Å². The molecule has 0 bridgehead atoms. The van der Waals surface area contributed by atoms with Gasteiger partial charge in [0.2, 0.25) is 11.9 Å².